The average Bonchev–Trinajstić information content (AvgIpc) is 2.91. The second-order valence-electron chi connectivity index (χ2n) is 11.0. The molecule has 0 spiro atoms. The van der Waals surface area contributed by atoms with Crippen LogP contribution in [0, 0.1) is 12.7 Å². The number of fused-ring (bicyclic) bond motifs is 1. The summed E-state index contributed by atoms with van der Waals surface area (Å²) in [4.78, 5) is 24.8. The van der Waals surface area contributed by atoms with Gasteiger partial charge in [0, 0.05) is 36.5 Å². The maximum atomic E-state index is 14.1. The van der Waals surface area contributed by atoms with Crippen molar-refractivity contribution in [1.82, 2.24) is 15.3 Å². The highest BCUT2D eigenvalue weighted by molar-refractivity contribution is 8.29. The molecule has 1 aliphatic heterocycles. The number of hydrogen-bond acceptors (Lipinski definition) is 7. The first kappa shape index (κ1) is 29.0. The van der Waals surface area contributed by atoms with E-state index in [1.54, 1.807) is 31.3 Å². The summed E-state index contributed by atoms with van der Waals surface area (Å²) in [5.74, 6) is 0.294. The van der Waals surface area contributed by atoms with Crippen molar-refractivity contribution in [2.75, 3.05) is 62.2 Å². The van der Waals surface area contributed by atoms with Crippen molar-refractivity contribution in [2.45, 2.75) is 39.0 Å². The molecule has 1 amide bonds. The molecule has 0 bridgehead atoms. The molecule has 3 aromatic rings. The zero-order valence-electron chi connectivity index (χ0n) is 23.8. The molecule has 1 fully saturated rings. The summed E-state index contributed by atoms with van der Waals surface area (Å²) >= 11 is 0. The molecule has 4 rings (SSSR count). The Morgan fingerprint density at radius 3 is 2.67 bits per heavy atom. The number of morpholine rings is 1. The second kappa shape index (κ2) is 12.1. The number of halogens is 1. The van der Waals surface area contributed by atoms with Gasteiger partial charge in [-0.15, -0.1) is 10.3 Å². The van der Waals surface area contributed by atoms with Crippen LogP contribution in [0.25, 0.3) is 11.0 Å². The number of carbonyl (C=O) groups is 1. The molecule has 2 aromatic carbocycles. The highest BCUT2D eigenvalue weighted by Gasteiger charge is 2.28. The van der Waals surface area contributed by atoms with Gasteiger partial charge in [-0.3, -0.25) is 9.78 Å². The minimum Gasteiger partial charge on any atom is -0.379 e. The monoisotopic (exact) mass is 557 g/mol. The minimum absolute atomic E-state index is 0.0503. The molecular weight excluding hydrogens is 517 g/mol. The highest BCUT2D eigenvalue weighted by atomic mass is 32.3. The van der Waals surface area contributed by atoms with Gasteiger partial charge in [0.25, 0.3) is 5.91 Å². The molecule has 1 aliphatic rings. The van der Waals surface area contributed by atoms with Crippen LogP contribution in [0.1, 0.15) is 42.3 Å². The van der Waals surface area contributed by atoms with E-state index in [2.05, 4.69) is 53.8 Å². The van der Waals surface area contributed by atoms with Crippen molar-refractivity contribution >= 4 is 38.8 Å². The number of benzene rings is 2. The van der Waals surface area contributed by atoms with E-state index < -0.39 is 10.3 Å². The summed E-state index contributed by atoms with van der Waals surface area (Å²) in [6.45, 7) is 12.2. The van der Waals surface area contributed by atoms with E-state index in [1.807, 2.05) is 6.07 Å². The zero-order valence-corrected chi connectivity index (χ0v) is 24.6. The lowest BCUT2D eigenvalue weighted by atomic mass is 10.1. The Balaban J connectivity index is 1.57. The van der Waals surface area contributed by atoms with Gasteiger partial charge in [-0.2, -0.15) is 0 Å². The number of amides is 1. The molecule has 2 N–H and O–H groups in total. The van der Waals surface area contributed by atoms with E-state index in [1.165, 1.54) is 6.07 Å². The number of rotatable bonds is 9. The first-order chi connectivity index (χ1) is 18.5. The Kier molecular flexibility index (Phi) is 8.98. The number of anilines is 2. The van der Waals surface area contributed by atoms with Crippen molar-refractivity contribution in [3.63, 3.8) is 0 Å². The summed E-state index contributed by atoms with van der Waals surface area (Å²) in [5.41, 5.74) is 3.81. The molecule has 0 atom stereocenters. The summed E-state index contributed by atoms with van der Waals surface area (Å²) in [6.07, 6.45) is 6.02. The van der Waals surface area contributed by atoms with Crippen LogP contribution in [0.4, 0.5) is 15.9 Å². The van der Waals surface area contributed by atoms with Crippen molar-refractivity contribution in [3.05, 3.63) is 59.0 Å². The molecular formula is C29H40FN5O3S. The number of carbonyl (C=O) groups excluding carboxylic acids is 1. The molecule has 1 saturated heterocycles. The van der Waals surface area contributed by atoms with E-state index in [9.17, 15) is 9.18 Å². The van der Waals surface area contributed by atoms with Crippen LogP contribution in [0.5, 0.6) is 0 Å². The number of nitrogens with zero attached hydrogens (tertiary/aromatic N) is 3. The van der Waals surface area contributed by atoms with Gasteiger partial charge in [0.15, 0.2) is 0 Å². The summed E-state index contributed by atoms with van der Waals surface area (Å²) in [5, 5.41) is 6.36. The third-order valence-electron chi connectivity index (χ3n) is 7.32. The van der Waals surface area contributed by atoms with Crippen LogP contribution in [0.15, 0.2) is 36.5 Å². The van der Waals surface area contributed by atoms with Gasteiger partial charge in [-0.05, 0) is 48.8 Å². The fraction of sp³-hybridized carbons (Fsp3) is 0.483. The highest BCUT2D eigenvalue weighted by Crippen LogP contribution is 2.53. The van der Waals surface area contributed by atoms with Crippen LogP contribution in [-0.4, -0.2) is 72.6 Å². The van der Waals surface area contributed by atoms with Gasteiger partial charge >= 0.3 is 0 Å². The van der Waals surface area contributed by atoms with Crippen LogP contribution in [0.3, 0.4) is 0 Å². The third kappa shape index (κ3) is 6.98. The topological polar surface area (TPSA) is 88.6 Å². The van der Waals surface area contributed by atoms with Gasteiger partial charge in [-0.25, -0.2) is 9.37 Å². The lowest BCUT2D eigenvalue weighted by Crippen LogP contribution is -2.36. The quantitative estimate of drug-likeness (QED) is 0.356. The Labute approximate surface area is 232 Å². The van der Waals surface area contributed by atoms with Gasteiger partial charge in [-0.1, -0.05) is 32.9 Å². The molecule has 2 heterocycles. The van der Waals surface area contributed by atoms with E-state index in [4.69, 9.17) is 13.9 Å². The lowest BCUT2D eigenvalue weighted by molar-refractivity contribution is 0.0948. The molecule has 212 valence electrons. The van der Waals surface area contributed by atoms with Crippen LogP contribution in [0.2, 0.25) is 0 Å². The van der Waals surface area contributed by atoms with E-state index in [0.29, 0.717) is 60.8 Å². The third-order valence-corrected chi connectivity index (χ3v) is 11.0. The lowest BCUT2D eigenvalue weighted by Gasteiger charge is -2.43. The maximum absolute atomic E-state index is 14.1. The molecule has 39 heavy (non-hydrogen) atoms. The molecule has 0 aliphatic carbocycles. The standard InChI is InChI=1S/C29H40FN5O3S/c1-20-21(8-7-9-23(20)30)18-32-24-16-22(28(36)31-10-13-38-39(5,6)29(2,3)4)17-25-27(24)34-26(19-33-25)35-11-14-37-15-12-35/h7-9,16-17,19,32H,10-15,18H2,1-6H3,(H,31,36). The zero-order chi connectivity index (χ0) is 28.2. The Morgan fingerprint density at radius 2 is 1.95 bits per heavy atom. The van der Waals surface area contributed by atoms with Gasteiger partial charge in [0.05, 0.1) is 37.2 Å². The van der Waals surface area contributed by atoms with Crippen molar-refractivity contribution in [1.29, 1.82) is 0 Å². The number of aromatic nitrogens is 2. The largest absolute Gasteiger partial charge is 0.379 e. The predicted molar refractivity (Wildman–Crippen MR) is 159 cm³/mol. The average molecular weight is 558 g/mol. The number of ether oxygens (including phenoxy) is 1. The molecule has 0 saturated carbocycles. The SMILES string of the molecule is Cc1c(F)cccc1CNc1cc(C(=O)NCCOS(C)(C)C(C)(C)C)cc2ncc(N3CCOCC3)nc12. The Bertz CT molecular complexity index is 1320. The Morgan fingerprint density at radius 1 is 1.21 bits per heavy atom. The summed E-state index contributed by atoms with van der Waals surface area (Å²) < 4.78 is 25.8. The van der Waals surface area contributed by atoms with Crippen molar-refractivity contribution in [2.24, 2.45) is 0 Å². The first-order valence-electron chi connectivity index (χ1n) is 13.2. The minimum atomic E-state index is -1.27. The molecule has 10 heteroatoms. The summed E-state index contributed by atoms with van der Waals surface area (Å²) in [7, 11) is -1.27. The first-order valence-corrected chi connectivity index (χ1v) is 15.6. The summed E-state index contributed by atoms with van der Waals surface area (Å²) in [6, 6.07) is 8.57. The smallest absolute Gasteiger partial charge is 0.251 e. The van der Waals surface area contributed by atoms with Gasteiger partial charge in [0.2, 0.25) is 0 Å². The fourth-order valence-electron chi connectivity index (χ4n) is 4.04. The molecule has 8 nitrogen and oxygen atoms in total. The molecule has 1 aromatic heterocycles. The van der Waals surface area contributed by atoms with Crippen LogP contribution < -0.4 is 15.5 Å². The van der Waals surface area contributed by atoms with Gasteiger partial charge in [0.1, 0.15) is 17.2 Å². The van der Waals surface area contributed by atoms with Gasteiger partial charge < -0.3 is 24.5 Å². The van der Waals surface area contributed by atoms with Crippen LogP contribution in [-0.2, 0) is 15.5 Å². The number of hydrogen-bond donors (Lipinski definition) is 2. The number of nitrogens with one attached hydrogen (secondary N) is 2. The van der Waals surface area contributed by atoms with Crippen molar-refractivity contribution < 1.29 is 18.1 Å². The predicted octanol–water partition coefficient (Wildman–Crippen LogP) is 5.05. The van der Waals surface area contributed by atoms with Crippen molar-refractivity contribution in [3.8, 4) is 0 Å². The molecule has 0 unspecified atom stereocenters. The molecule has 0 radical (unpaired) electrons. The van der Waals surface area contributed by atoms with Crippen LogP contribution >= 0.6 is 10.3 Å². The normalized spacial score (nSPS) is 14.9. The van der Waals surface area contributed by atoms with E-state index in [0.717, 1.165) is 24.5 Å². The van der Waals surface area contributed by atoms with E-state index in [-0.39, 0.29) is 16.5 Å². The second-order valence-corrected chi connectivity index (χ2v) is 14.9. The Hall–Kier alpha value is -2.95. The fourth-order valence-corrected chi connectivity index (χ4v) is 4.90. The van der Waals surface area contributed by atoms with E-state index >= 15 is 0 Å². The maximum Gasteiger partial charge on any atom is 0.251 e.